The molecule has 7 heteroatoms. The number of fused-ring (bicyclic) bond motifs is 1. The maximum Gasteiger partial charge on any atom is 0.253 e. The highest BCUT2D eigenvalue weighted by Crippen LogP contribution is 2.31. The van der Waals surface area contributed by atoms with Crippen molar-refractivity contribution in [3.63, 3.8) is 0 Å². The number of carbonyl (C=O) groups is 2. The summed E-state index contributed by atoms with van der Waals surface area (Å²) in [6.07, 6.45) is 0.450. The molecule has 0 saturated heterocycles. The number of halogens is 1. The molecule has 0 radical (unpaired) electrons. The van der Waals surface area contributed by atoms with Crippen LogP contribution in [0.5, 0.6) is 5.75 Å². The van der Waals surface area contributed by atoms with Crippen LogP contribution < -0.4 is 10.1 Å². The second kappa shape index (κ2) is 7.78. The van der Waals surface area contributed by atoms with Crippen LogP contribution in [0.2, 0.25) is 0 Å². The van der Waals surface area contributed by atoms with Gasteiger partial charge in [-0.05, 0) is 35.9 Å². The summed E-state index contributed by atoms with van der Waals surface area (Å²) < 4.78 is 18.7. The Morgan fingerprint density at radius 3 is 2.85 bits per heavy atom. The molecule has 1 aliphatic rings. The summed E-state index contributed by atoms with van der Waals surface area (Å²) in [4.78, 5) is 26.9. The average Bonchev–Trinajstić information content (AvgIpc) is 2.81. The van der Waals surface area contributed by atoms with Crippen molar-refractivity contribution in [3.05, 3.63) is 53.3 Å². The number of hydrogen-bond acceptors (Lipinski definition) is 4. The number of nitrogens with one attached hydrogen (secondary N) is 1. The molecule has 0 aromatic heterocycles. The van der Waals surface area contributed by atoms with E-state index >= 15 is 0 Å². The van der Waals surface area contributed by atoms with Crippen molar-refractivity contribution in [2.24, 2.45) is 0 Å². The summed E-state index contributed by atoms with van der Waals surface area (Å²) in [7, 11) is 3.06. The lowest BCUT2D eigenvalue weighted by Gasteiger charge is -2.18. The quantitative estimate of drug-likeness (QED) is 0.889. The number of benzene rings is 2. The van der Waals surface area contributed by atoms with Gasteiger partial charge in [0.2, 0.25) is 5.91 Å². The van der Waals surface area contributed by atoms with E-state index in [0.717, 1.165) is 10.6 Å². The molecular weight excluding hydrogens is 355 g/mol. The van der Waals surface area contributed by atoms with Gasteiger partial charge in [0.25, 0.3) is 5.91 Å². The molecule has 0 fully saturated rings. The van der Waals surface area contributed by atoms with E-state index in [4.69, 9.17) is 4.74 Å². The van der Waals surface area contributed by atoms with Gasteiger partial charge in [-0.3, -0.25) is 9.59 Å². The number of anilines is 1. The van der Waals surface area contributed by atoms with Gasteiger partial charge < -0.3 is 15.0 Å². The van der Waals surface area contributed by atoms with Crippen LogP contribution in [0.1, 0.15) is 22.3 Å². The van der Waals surface area contributed by atoms with Crippen molar-refractivity contribution in [2.75, 3.05) is 25.2 Å². The minimum absolute atomic E-state index is 0.0529. The first-order valence-corrected chi connectivity index (χ1v) is 9.11. The van der Waals surface area contributed by atoms with Crippen molar-refractivity contribution in [1.82, 2.24) is 4.90 Å². The number of carbonyl (C=O) groups excluding carboxylic acids is 2. The fraction of sp³-hybridized carbons (Fsp3) is 0.263. The van der Waals surface area contributed by atoms with Gasteiger partial charge in [0.05, 0.1) is 12.8 Å². The zero-order valence-corrected chi connectivity index (χ0v) is 15.4. The van der Waals surface area contributed by atoms with Crippen molar-refractivity contribution in [1.29, 1.82) is 0 Å². The van der Waals surface area contributed by atoms with E-state index in [0.29, 0.717) is 23.2 Å². The van der Waals surface area contributed by atoms with Crippen molar-refractivity contribution in [3.8, 4) is 5.75 Å². The first kappa shape index (κ1) is 18.3. The molecular formula is C19H19FN2O3S. The van der Waals surface area contributed by atoms with Crippen LogP contribution in [0.25, 0.3) is 0 Å². The van der Waals surface area contributed by atoms with E-state index < -0.39 is 5.82 Å². The number of thioether (sulfide) groups is 1. The molecule has 0 saturated carbocycles. The number of amides is 2. The van der Waals surface area contributed by atoms with Gasteiger partial charge >= 0.3 is 0 Å². The minimum atomic E-state index is -0.462. The maximum atomic E-state index is 13.8. The maximum absolute atomic E-state index is 13.8. The van der Waals surface area contributed by atoms with Crippen LogP contribution >= 0.6 is 11.8 Å². The van der Waals surface area contributed by atoms with Crippen LogP contribution in [-0.2, 0) is 11.3 Å². The molecule has 26 heavy (non-hydrogen) atoms. The molecule has 0 atom stereocenters. The Labute approximate surface area is 155 Å². The van der Waals surface area contributed by atoms with E-state index in [9.17, 15) is 14.0 Å². The van der Waals surface area contributed by atoms with Crippen LogP contribution in [0.3, 0.4) is 0 Å². The fourth-order valence-electron chi connectivity index (χ4n) is 2.73. The molecule has 2 aromatic carbocycles. The molecule has 2 amide bonds. The lowest BCUT2D eigenvalue weighted by atomic mass is 10.1. The highest BCUT2D eigenvalue weighted by atomic mass is 32.2. The molecule has 5 nitrogen and oxygen atoms in total. The van der Waals surface area contributed by atoms with Crippen LogP contribution in [-0.4, -0.2) is 36.6 Å². The number of nitrogens with zero attached hydrogens (tertiary/aromatic N) is 1. The van der Waals surface area contributed by atoms with Crippen LogP contribution in [0, 0.1) is 5.82 Å². The molecule has 0 spiro atoms. The topological polar surface area (TPSA) is 58.6 Å². The van der Waals surface area contributed by atoms with Crippen LogP contribution in [0.4, 0.5) is 10.1 Å². The molecule has 3 rings (SSSR count). The first-order valence-electron chi connectivity index (χ1n) is 8.12. The number of methoxy groups -OCH3 is 1. The van der Waals surface area contributed by atoms with E-state index in [1.807, 2.05) is 6.07 Å². The van der Waals surface area contributed by atoms with Gasteiger partial charge in [0.15, 0.2) is 11.6 Å². The zero-order chi connectivity index (χ0) is 18.7. The second-order valence-electron chi connectivity index (χ2n) is 5.99. The SMILES string of the molecule is COc1ccc(CN(C)C(=O)c2ccc3c(c2)NC(=O)CCS3)cc1F. The molecule has 136 valence electrons. The van der Waals surface area contributed by atoms with E-state index in [-0.39, 0.29) is 24.1 Å². The van der Waals surface area contributed by atoms with Gasteiger partial charge in [-0.2, -0.15) is 0 Å². The third kappa shape index (κ3) is 3.99. The summed E-state index contributed by atoms with van der Waals surface area (Å²) in [6, 6.07) is 9.91. The van der Waals surface area contributed by atoms with E-state index in [1.165, 1.54) is 24.1 Å². The molecule has 0 unspecified atom stereocenters. The summed E-state index contributed by atoms with van der Waals surface area (Å²) in [5.74, 6) is 0.169. The third-order valence-corrected chi connectivity index (χ3v) is 5.15. The predicted molar refractivity (Wildman–Crippen MR) is 99.2 cm³/mol. The van der Waals surface area contributed by atoms with Gasteiger partial charge in [-0.1, -0.05) is 6.07 Å². The average molecular weight is 374 g/mol. The third-order valence-electron chi connectivity index (χ3n) is 4.07. The van der Waals surface area contributed by atoms with E-state index in [2.05, 4.69) is 5.32 Å². The zero-order valence-electron chi connectivity index (χ0n) is 14.5. The standard InChI is InChI=1S/C19H19FN2O3S/c1-22(11-12-3-5-16(25-2)14(20)9-12)19(24)13-4-6-17-15(10-13)21-18(23)7-8-26-17/h3-6,9-10H,7-8,11H2,1-2H3,(H,21,23). The molecule has 0 bridgehead atoms. The first-order chi connectivity index (χ1) is 12.5. The minimum Gasteiger partial charge on any atom is -0.494 e. The fourth-order valence-corrected chi connectivity index (χ4v) is 3.66. The number of rotatable bonds is 4. The Hall–Kier alpha value is -2.54. The van der Waals surface area contributed by atoms with Gasteiger partial charge in [0, 0.05) is 36.2 Å². The van der Waals surface area contributed by atoms with Crippen molar-refractivity contribution in [2.45, 2.75) is 17.9 Å². The van der Waals surface area contributed by atoms with Crippen LogP contribution in [0.15, 0.2) is 41.3 Å². The van der Waals surface area contributed by atoms with E-state index in [1.54, 1.807) is 37.0 Å². The van der Waals surface area contributed by atoms with Gasteiger partial charge in [-0.15, -0.1) is 11.8 Å². The summed E-state index contributed by atoms with van der Waals surface area (Å²) >= 11 is 1.59. The lowest BCUT2D eigenvalue weighted by molar-refractivity contribution is -0.115. The molecule has 1 aliphatic heterocycles. The second-order valence-corrected chi connectivity index (χ2v) is 7.12. The smallest absolute Gasteiger partial charge is 0.253 e. The highest BCUT2D eigenvalue weighted by molar-refractivity contribution is 7.99. The van der Waals surface area contributed by atoms with Crippen molar-refractivity contribution < 1.29 is 18.7 Å². The predicted octanol–water partition coefficient (Wildman–Crippen LogP) is 3.54. The largest absolute Gasteiger partial charge is 0.494 e. The highest BCUT2D eigenvalue weighted by Gasteiger charge is 2.18. The Kier molecular flexibility index (Phi) is 5.46. The monoisotopic (exact) mass is 374 g/mol. The number of ether oxygens (including phenoxy) is 1. The van der Waals surface area contributed by atoms with Gasteiger partial charge in [0.1, 0.15) is 0 Å². The molecule has 1 heterocycles. The summed E-state index contributed by atoms with van der Waals surface area (Å²) in [5.41, 5.74) is 1.80. The molecule has 2 aromatic rings. The Bertz CT molecular complexity index is 857. The van der Waals surface area contributed by atoms with Crippen molar-refractivity contribution >= 4 is 29.3 Å². The Morgan fingerprint density at radius 1 is 1.31 bits per heavy atom. The normalized spacial score (nSPS) is 13.4. The summed E-state index contributed by atoms with van der Waals surface area (Å²) in [5, 5.41) is 2.83. The Balaban J connectivity index is 1.76. The Morgan fingerprint density at radius 2 is 2.12 bits per heavy atom. The van der Waals surface area contributed by atoms with Gasteiger partial charge in [-0.25, -0.2) is 4.39 Å². The lowest BCUT2D eigenvalue weighted by Crippen LogP contribution is -2.26. The molecule has 1 N–H and O–H groups in total. The molecule has 0 aliphatic carbocycles. The number of hydrogen-bond donors (Lipinski definition) is 1. The summed E-state index contributed by atoms with van der Waals surface area (Å²) in [6.45, 7) is 0.262.